The zero-order valence-electron chi connectivity index (χ0n) is 9.23. The predicted molar refractivity (Wildman–Crippen MR) is 61.2 cm³/mol. The van der Waals surface area contributed by atoms with Gasteiger partial charge in [0.2, 0.25) is 0 Å². The van der Waals surface area contributed by atoms with Gasteiger partial charge in [0.1, 0.15) is 0 Å². The molecule has 1 fully saturated rings. The van der Waals surface area contributed by atoms with Crippen molar-refractivity contribution in [3.63, 3.8) is 0 Å². The fourth-order valence-electron chi connectivity index (χ4n) is 1.68. The molecule has 0 unspecified atom stereocenters. The highest BCUT2D eigenvalue weighted by atomic mass is 32.7. The molecule has 1 aliphatic rings. The number of hydrogen-bond acceptors (Lipinski definition) is 4. The van der Waals surface area contributed by atoms with E-state index in [2.05, 4.69) is 6.92 Å². The van der Waals surface area contributed by atoms with E-state index >= 15 is 0 Å². The Morgan fingerprint density at radius 1 is 1.64 bits per heavy atom. The zero-order valence-corrected chi connectivity index (χ0v) is 10.9. The third-order valence-corrected chi connectivity index (χ3v) is 6.01. The highest BCUT2D eigenvalue weighted by Crippen LogP contribution is 2.56. The first-order valence-corrected chi connectivity index (χ1v) is 8.85. The average molecular weight is 238 g/mol. The lowest BCUT2D eigenvalue weighted by Crippen LogP contribution is -2.22. The van der Waals surface area contributed by atoms with E-state index in [9.17, 15) is 4.57 Å². The van der Waals surface area contributed by atoms with Crippen LogP contribution in [0.25, 0.3) is 0 Å². The van der Waals surface area contributed by atoms with Gasteiger partial charge < -0.3 is 9.26 Å². The summed E-state index contributed by atoms with van der Waals surface area (Å²) >= 11 is 1.31. The number of ether oxygens (including phenoxy) is 1. The van der Waals surface area contributed by atoms with Crippen molar-refractivity contribution in [2.24, 2.45) is 0 Å². The van der Waals surface area contributed by atoms with E-state index in [-0.39, 0.29) is 18.3 Å². The van der Waals surface area contributed by atoms with E-state index in [1.807, 2.05) is 13.2 Å². The van der Waals surface area contributed by atoms with Crippen molar-refractivity contribution < 1.29 is 13.8 Å². The summed E-state index contributed by atoms with van der Waals surface area (Å²) in [4.78, 5) is 0. The van der Waals surface area contributed by atoms with Gasteiger partial charge in [-0.1, -0.05) is 18.3 Å². The second kappa shape index (κ2) is 5.02. The van der Waals surface area contributed by atoms with Crippen LogP contribution < -0.4 is 0 Å². The van der Waals surface area contributed by atoms with Crippen LogP contribution in [0.3, 0.4) is 0 Å². The summed E-state index contributed by atoms with van der Waals surface area (Å²) in [6, 6.07) is 0. The molecule has 0 aromatic heterocycles. The monoisotopic (exact) mass is 238 g/mol. The first-order valence-electron chi connectivity index (χ1n) is 4.95. The number of rotatable bonds is 4. The maximum atomic E-state index is 11.8. The smallest absolute Gasteiger partial charge is 0.254 e. The second-order valence-corrected chi connectivity index (χ2v) is 8.93. The maximum absolute atomic E-state index is 11.8. The van der Waals surface area contributed by atoms with Crippen molar-refractivity contribution in [3.05, 3.63) is 0 Å². The van der Waals surface area contributed by atoms with Gasteiger partial charge in [0.25, 0.3) is 6.57 Å². The Morgan fingerprint density at radius 2 is 2.29 bits per heavy atom. The standard InChI is InChI=1S/C9H19O3PS/c1-5-8-9(6-7(2)11-8)12-13(3,10)14-4/h7-9H,5-6H2,1-4H3/t7-,8+,9-,13-/m0/s1. The Labute approximate surface area is 90.1 Å². The fourth-order valence-corrected chi connectivity index (χ4v) is 3.07. The highest BCUT2D eigenvalue weighted by molar-refractivity contribution is 8.56. The minimum absolute atomic E-state index is 0.0123. The van der Waals surface area contributed by atoms with E-state index in [1.54, 1.807) is 6.66 Å². The number of hydrogen-bond donors (Lipinski definition) is 0. The summed E-state index contributed by atoms with van der Waals surface area (Å²) in [5.41, 5.74) is 0. The van der Waals surface area contributed by atoms with Crippen LogP contribution in [-0.2, 0) is 13.8 Å². The summed E-state index contributed by atoms with van der Waals surface area (Å²) < 4.78 is 23.1. The molecule has 14 heavy (non-hydrogen) atoms. The molecule has 1 saturated heterocycles. The Morgan fingerprint density at radius 3 is 2.79 bits per heavy atom. The van der Waals surface area contributed by atoms with Gasteiger partial charge in [-0.2, -0.15) is 0 Å². The molecule has 0 aromatic rings. The van der Waals surface area contributed by atoms with Gasteiger partial charge in [-0.05, 0) is 19.6 Å². The lowest BCUT2D eigenvalue weighted by atomic mass is 10.1. The summed E-state index contributed by atoms with van der Waals surface area (Å²) in [6.45, 7) is 3.31. The Bertz CT molecular complexity index is 234. The molecule has 0 aliphatic carbocycles. The molecule has 1 heterocycles. The largest absolute Gasteiger partial charge is 0.372 e. The predicted octanol–water partition coefficient (Wildman–Crippen LogP) is 3.14. The maximum Gasteiger partial charge on any atom is 0.254 e. The van der Waals surface area contributed by atoms with Gasteiger partial charge >= 0.3 is 0 Å². The summed E-state index contributed by atoms with van der Waals surface area (Å²) in [7, 11) is 0. The third kappa shape index (κ3) is 3.27. The molecule has 0 radical (unpaired) electrons. The normalized spacial score (nSPS) is 37.0. The second-order valence-electron chi connectivity index (χ2n) is 3.73. The van der Waals surface area contributed by atoms with Gasteiger partial charge in [0.05, 0.1) is 18.3 Å². The van der Waals surface area contributed by atoms with Gasteiger partial charge in [-0.25, -0.2) is 0 Å². The minimum atomic E-state index is -2.46. The highest BCUT2D eigenvalue weighted by Gasteiger charge is 2.35. The van der Waals surface area contributed by atoms with Crippen LogP contribution in [0.5, 0.6) is 0 Å². The van der Waals surface area contributed by atoms with Crippen LogP contribution in [0, 0.1) is 0 Å². The fraction of sp³-hybridized carbons (Fsp3) is 1.00. The SMILES string of the molecule is CC[C@H]1O[C@@H](C)C[C@@H]1O[P@](C)(=O)SC. The van der Waals surface area contributed by atoms with Gasteiger partial charge in [-0.15, -0.1) is 0 Å². The van der Waals surface area contributed by atoms with E-state index < -0.39 is 6.57 Å². The topological polar surface area (TPSA) is 35.5 Å². The molecule has 3 nitrogen and oxygen atoms in total. The van der Waals surface area contributed by atoms with Gasteiger partial charge in [0, 0.05) is 13.1 Å². The molecular formula is C9H19O3PS. The van der Waals surface area contributed by atoms with Crippen LogP contribution in [0.4, 0.5) is 0 Å². The van der Waals surface area contributed by atoms with Crippen molar-refractivity contribution in [3.8, 4) is 0 Å². The van der Waals surface area contributed by atoms with Crippen molar-refractivity contribution in [2.45, 2.75) is 45.0 Å². The molecule has 0 amide bonds. The van der Waals surface area contributed by atoms with Crippen LogP contribution in [0.15, 0.2) is 0 Å². The quantitative estimate of drug-likeness (QED) is 0.705. The molecule has 4 atom stereocenters. The Hall–Kier alpha value is 0.500. The van der Waals surface area contributed by atoms with Crippen molar-refractivity contribution in [2.75, 3.05) is 12.9 Å². The van der Waals surface area contributed by atoms with Crippen LogP contribution >= 0.6 is 18.0 Å². The van der Waals surface area contributed by atoms with Gasteiger partial charge in [0.15, 0.2) is 0 Å². The Kier molecular flexibility index (Phi) is 4.51. The van der Waals surface area contributed by atoms with Crippen molar-refractivity contribution >= 4 is 18.0 Å². The first kappa shape index (κ1) is 12.6. The van der Waals surface area contributed by atoms with Crippen molar-refractivity contribution in [1.29, 1.82) is 0 Å². The minimum Gasteiger partial charge on any atom is -0.372 e. The van der Waals surface area contributed by atoms with Crippen LogP contribution in [0.1, 0.15) is 26.7 Å². The molecule has 1 aliphatic heterocycles. The van der Waals surface area contributed by atoms with E-state index in [0.717, 1.165) is 12.8 Å². The third-order valence-electron chi connectivity index (χ3n) is 2.45. The molecule has 0 saturated carbocycles. The molecule has 1 rings (SSSR count). The molecule has 0 bridgehead atoms. The average Bonchev–Trinajstić information content (AvgIpc) is 2.45. The summed E-state index contributed by atoms with van der Waals surface area (Å²) in [5.74, 6) is 0. The van der Waals surface area contributed by atoms with Crippen molar-refractivity contribution in [1.82, 2.24) is 0 Å². The lowest BCUT2D eigenvalue weighted by Gasteiger charge is -2.20. The van der Waals surface area contributed by atoms with Crippen LogP contribution in [0.2, 0.25) is 0 Å². The molecule has 5 heteroatoms. The first-order chi connectivity index (χ1) is 6.48. The molecule has 0 aromatic carbocycles. The molecule has 84 valence electrons. The van der Waals surface area contributed by atoms with E-state index in [4.69, 9.17) is 9.26 Å². The summed E-state index contributed by atoms with van der Waals surface area (Å²) in [6.07, 6.45) is 3.96. The molecule has 0 N–H and O–H groups in total. The van der Waals surface area contributed by atoms with Gasteiger partial charge in [-0.3, -0.25) is 4.57 Å². The molecular weight excluding hydrogens is 219 g/mol. The summed E-state index contributed by atoms with van der Waals surface area (Å²) in [5, 5.41) is 0. The molecule has 0 spiro atoms. The van der Waals surface area contributed by atoms with E-state index in [0.29, 0.717) is 0 Å². The van der Waals surface area contributed by atoms with Crippen LogP contribution in [-0.4, -0.2) is 31.2 Å². The van der Waals surface area contributed by atoms with E-state index in [1.165, 1.54) is 11.4 Å². The lowest BCUT2D eigenvalue weighted by molar-refractivity contribution is 0.0233. The Balaban J connectivity index is 2.55. The zero-order chi connectivity index (χ0) is 10.8.